The molecule has 1 heterocycles. The highest BCUT2D eigenvalue weighted by molar-refractivity contribution is 6.08. The number of aromatic nitrogens is 1. The third-order valence-electron chi connectivity index (χ3n) is 4.48. The van der Waals surface area contributed by atoms with Gasteiger partial charge in [-0.3, -0.25) is 9.59 Å². The molecular weight excluding hydrogens is 350 g/mol. The van der Waals surface area contributed by atoms with E-state index in [1.54, 1.807) is 6.08 Å². The van der Waals surface area contributed by atoms with E-state index in [1.807, 2.05) is 39.0 Å². The summed E-state index contributed by atoms with van der Waals surface area (Å²) >= 11 is 0. The number of fused-ring (bicyclic) bond motifs is 3. The molecule has 0 aliphatic rings. The zero-order valence-corrected chi connectivity index (χ0v) is 16.9. The standard InChI is InChI=1S/C23H27N3O2/c1-5-26-19-9-7-6-8-17(19)18-14-16(10-12-20(18)26)11-13-21(27)24-15-22(28)25-23(2,3)4/h6-14H,5,15H2,1-4H3,(H,24,27)(H,25,28)/b13-11+. The molecule has 2 N–H and O–H groups in total. The van der Waals surface area contributed by atoms with Gasteiger partial charge in [-0.1, -0.05) is 24.3 Å². The number of aryl methyl sites for hydroxylation is 1. The summed E-state index contributed by atoms with van der Waals surface area (Å²) in [5.41, 5.74) is 3.03. The van der Waals surface area contributed by atoms with Gasteiger partial charge in [-0.2, -0.15) is 0 Å². The van der Waals surface area contributed by atoms with Gasteiger partial charge in [-0.15, -0.1) is 0 Å². The molecule has 0 aliphatic carbocycles. The van der Waals surface area contributed by atoms with Crippen LogP contribution < -0.4 is 10.6 Å². The zero-order valence-electron chi connectivity index (χ0n) is 16.9. The molecule has 0 unspecified atom stereocenters. The van der Waals surface area contributed by atoms with Crippen LogP contribution in [0.2, 0.25) is 0 Å². The van der Waals surface area contributed by atoms with Crippen molar-refractivity contribution in [3.8, 4) is 0 Å². The molecule has 28 heavy (non-hydrogen) atoms. The molecule has 0 radical (unpaired) electrons. The van der Waals surface area contributed by atoms with Gasteiger partial charge in [0.25, 0.3) is 0 Å². The first-order chi connectivity index (χ1) is 13.3. The number of carbonyl (C=O) groups is 2. The maximum absolute atomic E-state index is 12.0. The van der Waals surface area contributed by atoms with E-state index in [2.05, 4.69) is 46.4 Å². The number of hydrogen-bond donors (Lipinski definition) is 2. The molecule has 5 nitrogen and oxygen atoms in total. The summed E-state index contributed by atoms with van der Waals surface area (Å²) in [4.78, 5) is 23.8. The highest BCUT2D eigenvalue weighted by Gasteiger charge is 2.13. The predicted octanol–water partition coefficient (Wildman–Crippen LogP) is 3.86. The highest BCUT2D eigenvalue weighted by atomic mass is 16.2. The minimum absolute atomic E-state index is 0.0382. The van der Waals surface area contributed by atoms with Gasteiger partial charge in [0.1, 0.15) is 0 Å². The van der Waals surface area contributed by atoms with Crippen molar-refractivity contribution in [3.63, 3.8) is 0 Å². The summed E-state index contributed by atoms with van der Waals surface area (Å²) in [7, 11) is 0. The number of hydrogen-bond acceptors (Lipinski definition) is 2. The van der Waals surface area contributed by atoms with Gasteiger partial charge >= 0.3 is 0 Å². The van der Waals surface area contributed by atoms with E-state index in [0.29, 0.717) is 0 Å². The summed E-state index contributed by atoms with van der Waals surface area (Å²) in [5.74, 6) is -0.497. The summed E-state index contributed by atoms with van der Waals surface area (Å²) in [6, 6.07) is 14.5. The highest BCUT2D eigenvalue weighted by Crippen LogP contribution is 2.29. The molecule has 0 fully saturated rings. The van der Waals surface area contributed by atoms with Crippen molar-refractivity contribution < 1.29 is 9.59 Å². The van der Waals surface area contributed by atoms with Crippen LogP contribution >= 0.6 is 0 Å². The first kappa shape index (κ1) is 19.7. The Morgan fingerprint density at radius 3 is 2.46 bits per heavy atom. The quantitative estimate of drug-likeness (QED) is 0.663. The summed E-state index contributed by atoms with van der Waals surface area (Å²) in [6.07, 6.45) is 3.24. The van der Waals surface area contributed by atoms with Crippen LogP contribution in [0.1, 0.15) is 33.3 Å². The molecule has 3 rings (SSSR count). The van der Waals surface area contributed by atoms with Crippen LogP contribution in [-0.4, -0.2) is 28.5 Å². The van der Waals surface area contributed by atoms with E-state index in [-0.39, 0.29) is 23.9 Å². The third-order valence-corrected chi connectivity index (χ3v) is 4.48. The van der Waals surface area contributed by atoms with E-state index in [1.165, 1.54) is 27.9 Å². The summed E-state index contributed by atoms with van der Waals surface area (Å²) in [5, 5.41) is 7.80. The van der Waals surface area contributed by atoms with Crippen molar-refractivity contribution in [3.05, 3.63) is 54.1 Å². The number of benzene rings is 2. The van der Waals surface area contributed by atoms with Crippen LogP contribution in [0, 0.1) is 0 Å². The van der Waals surface area contributed by atoms with Crippen LogP contribution in [0.4, 0.5) is 0 Å². The number of para-hydroxylation sites is 1. The van der Waals surface area contributed by atoms with Crippen LogP contribution in [0.15, 0.2) is 48.5 Å². The molecule has 5 heteroatoms. The fraction of sp³-hybridized carbons (Fsp3) is 0.304. The molecule has 0 aliphatic heterocycles. The Labute approximate surface area is 165 Å². The molecule has 0 spiro atoms. The Morgan fingerprint density at radius 2 is 1.75 bits per heavy atom. The zero-order chi connectivity index (χ0) is 20.3. The maximum Gasteiger partial charge on any atom is 0.244 e. The SMILES string of the molecule is CCn1c2ccccc2c2cc(/C=C/C(=O)NCC(=O)NC(C)(C)C)ccc21. The number of nitrogens with one attached hydrogen (secondary N) is 2. The van der Waals surface area contributed by atoms with Crippen molar-refractivity contribution in [1.29, 1.82) is 0 Å². The lowest BCUT2D eigenvalue weighted by atomic mass is 10.1. The van der Waals surface area contributed by atoms with E-state index in [4.69, 9.17) is 0 Å². The van der Waals surface area contributed by atoms with E-state index >= 15 is 0 Å². The fourth-order valence-corrected chi connectivity index (χ4v) is 3.38. The Balaban J connectivity index is 1.75. The molecule has 2 aromatic carbocycles. The van der Waals surface area contributed by atoms with Crippen molar-refractivity contribution in [2.75, 3.05) is 6.54 Å². The van der Waals surface area contributed by atoms with Gasteiger partial charge in [0.05, 0.1) is 6.54 Å². The van der Waals surface area contributed by atoms with E-state index in [9.17, 15) is 9.59 Å². The minimum atomic E-state index is -0.315. The first-order valence-corrected chi connectivity index (χ1v) is 9.56. The van der Waals surface area contributed by atoms with E-state index < -0.39 is 0 Å². The van der Waals surface area contributed by atoms with Crippen LogP contribution in [-0.2, 0) is 16.1 Å². The largest absolute Gasteiger partial charge is 0.350 e. The minimum Gasteiger partial charge on any atom is -0.350 e. The van der Waals surface area contributed by atoms with Crippen molar-refractivity contribution in [2.24, 2.45) is 0 Å². The molecule has 1 aromatic heterocycles. The van der Waals surface area contributed by atoms with Crippen LogP contribution in [0.5, 0.6) is 0 Å². The van der Waals surface area contributed by atoms with Gasteiger partial charge < -0.3 is 15.2 Å². The van der Waals surface area contributed by atoms with E-state index in [0.717, 1.165) is 12.1 Å². The molecule has 3 aromatic rings. The summed E-state index contributed by atoms with van der Waals surface area (Å²) < 4.78 is 2.29. The second kappa shape index (κ2) is 7.89. The normalized spacial score (nSPS) is 12.0. The lowest BCUT2D eigenvalue weighted by molar-refractivity contribution is -0.124. The van der Waals surface area contributed by atoms with Crippen molar-refractivity contribution in [1.82, 2.24) is 15.2 Å². The van der Waals surface area contributed by atoms with Gasteiger partial charge in [0.15, 0.2) is 0 Å². The van der Waals surface area contributed by atoms with Crippen LogP contribution in [0.25, 0.3) is 27.9 Å². The Hall–Kier alpha value is -3.08. The molecular formula is C23H27N3O2. The average molecular weight is 377 g/mol. The van der Waals surface area contributed by atoms with Gasteiger partial charge in [0, 0.05) is 40.0 Å². The second-order valence-electron chi connectivity index (χ2n) is 7.89. The average Bonchev–Trinajstić information content (AvgIpc) is 2.96. The Kier molecular flexibility index (Phi) is 5.54. The Bertz CT molecular complexity index is 1050. The summed E-state index contributed by atoms with van der Waals surface area (Å²) in [6.45, 7) is 8.70. The topological polar surface area (TPSA) is 63.1 Å². The van der Waals surface area contributed by atoms with Gasteiger partial charge in [-0.25, -0.2) is 0 Å². The van der Waals surface area contributed by atoms with Gasteiger partial charge in [0.2, 0.25) is 11.8 Å². The maximum atomic E-state index is 12.0. The monoisotopic (exact) mass is 377 g/mol. The fourth-order valence-electron chi connectivity index (χ4n) is 3.38. The van der Waals surface area contributed by atoms with Crippen molar-refractivity contribution in [2.45, 2.75) is 39.8 Å². The number of rotatable bonds is 5. The molecule has 0 bridgehead atoms. The molecule has 146 valence electrons. The third kappa shape index (κ3) is 4.42. The van der Waals surface area contributed by atoms with Crippen molar-refractivity contribution >= 4 is 39.7 Å². The first-order valence-electron chi connectivity index (χ1n) is 9.56. The lowest BCUT2D eigenvalue weighted by Crippen LogP contribution is -2.45. The number of carbonyl (C=O) groups excluding carboxylic acids is 2. The molecule has 0 saturated heterocycles. The van der Waals surface area contributed by atoms with Gasteiger partial charge in [-0.05, 0) is 57.5 Å². The van der Waals surface area contributed by atoms with Crippen LogP contribution in [0.3, 0.4) is 0 Å². The second-order valence-corrected chi connectivity index (χ2v) is 7.89. The number of amides is 2. The Morgan fingerprint density at radius 1 is 1.04 bits per heavy atom. The molecule has 0 atom stereocenters. The number of nitrogens with zero attached hydrogens (tertiary/aromatic N) is 1. The smallest absolute Gasteiger partial charge is 0.244 e. The lowest BCUT2D eigenvalue weighted by Gasteiger charge is -2.20. The molecule has 2 amide bonds. The predicted molar refractivity (Wildman–Crippen MR) is 115 cm³/mol. The molecule has 0 saturated carbocycles.